The molecule has 126 valence electrons. The molecule has 1 N–H and O–H groups in total. The van der Waals surface area contributed by atoms with Gasteiger partial charge in [0.15, 0.2) is 0 Å². The van der Waals surface area contributed by atoms with Crippen LogP contribution in [0.15, 0.2) is 33.9 Å². The van der Waals surface area contributed by atoms with Gasteiger partial charge in [-0.3, -0.25) is 18.7 Å². The fourth-order valence-corrected chi connectivity index (χ4v) is 3.13. The standard InChI is InChI=1S/C17H19N3O4/c1-4-24-12-8-6-5-7-10(12)11-9-13(21)18-15-14(11)16(22)20(3)17(23)19(15)2/h5-8,11H,4,9H2,1-3H3,(H,18,21)/t11-/m0/s1. The number of ether oxygens (including phenoxy) is 1. The number of carbonyl (C=O) groups is 1. The van der Waals surface area contributed by atoms with Crippen LogP contribution < -0.4 is 21.3 Å². The van der Waals surface area contributed by atoms with Crippen molar-refractivity contribution in [2.24, 2.45) is 14.1 Å². The van der Waals surface area contributed by atoms with Gasteiger partial charge < -0.3 is 10.1 Å². The van der Waals surface area contributed by atoms with E-state index in [-0.39, 0.29) is 18.1 Å². The number of nitrogens with zero attached hydrogens (tertiary/aromatic N) is 2. The van der Waals surface area contributed by atoms with Gasteiger partial charge in [-0.25, -0.2) is 4.79 Å². The monoisotopic (exact) mass is 329 g/mol. The number of amides is 1. The van der Waals surface area contributed by atoms with Gasteiger partial charge in [-0.05, 0) is 13.0 Å². The number of carbonyl (C=O) groups excluding carboxylic acids is 1. The molecule has 0 fully saturated rings. The van der Waals surface area contributed by atoms with E-state index < -0.39 is 17.2 Å². The number of benzene rings is 1. The van der Waals surface area contributed by atoms with Crippen molar-refractivity contribution in [1.82, 2.24) is 9.13 Å². The van der Waals surface area contributed by atoms with E-state index in [0.29, 0.717) is 17.9 Å². The number of para-hydroxylation sites is 1. The van der Waals surface area contributed by atoms with Crippen molar-refractivity contribution in [1.29, 1.82) is 0 Å². The number of fused-ring (bicyclic) bond motifs is 1. The minimum atomic E-state index is -0.474. The Kier molecular flexibility index (Phi) is 4.01. The Morgan fingerprint density at radius 2 is 1.88 bits per heavy atom. The van der Waals surface area contributed by atoms with E-state index >= 15 is 0 Å². The highest BCUT2D eigenvalue weighted by Crippen LogP contribution is 2.38. The lowest BCUT2D eigenvalue weighted by atomic mass is 9.86. The number of hydrogen-bond donors (Lipinski definition) is 1. The molecule has 0 spiro atoms. The maximum atomic E-state index is 12.7. The summed E-state index contributed by atoms with van der Waals surface area (Å²) < 4.78 is 8.01. The van der Waals surface area contributed by atoms with Crippen molar-refractivity contribution in [2.75, 3.05) is 11.9 Å². The lowest BCUT2D eigenvalue weighted by molar-refractivity contribution is -0.116. The van der Waals surface area contributed by atoms with Crippen LogP contribution in [-0.2, 0) is 18.9 Å². The second kappa shape index (κ2) is 5.99. The molecule has 1 aromatic heterocycles. The molecule has 0 saturated carbocycles. The fourth-order valence-electron chi connectivity index (χ4n) is 3.13. The molecule has 0 radical (unpaired) electrons. The molecule has 0 bridgehead atoms. The molecule has 0 saturated heterocycles. The summed E-state index contributed by atoms with van der Waals surface area (Å²) in [6.07, 6.45) is 0.129. The Bertz CT molecular complexity index is 926. The van der Waals surface area contributed by atoms with Crippen LogP contribution in [-0.4, -0.2) is 21.6 Å². The molecule has 1 aliphatic rings. The Balaban J connectivity index is 2.30. The Morgan fingerprint density at radius 1 is 1.17 bits per heavy atom. The highest BCUT2D eigenvalue weighted by molar-refractivity contribution is 5.94. The van der Waals surface area contributed by atoms with Gasteiger partial charge in [-0.1, -0.05) is 18.2 Å². The second-order valence-electron chi connectivity index (χ2n) is 5.74. The summed E-state index contributed by atoms with van der Waals surface area (Å²) in [6.45, 7) is 2.36. The largest absolute Gasteiger partial charge is 0.494 e. The quantitative estimate of drug-likeness (QED) is 0.909. The van der Waals surface area contributed by atoms with Gasteiger partial charge in [0.05, 0.1) is 12.2 Å². The van der Waals surface area contributed by atoms with Gasteiger partial charge >= 0.3 is 5.69 Å². The van der Waals surface area contributed by atoms with Crippen LogP contribution in [0.3, 0.4) is 0 Å². The summed E-state index contributed by atoms with van der Waals surface area (Å²) in [5.74, 6) is 0.210. The summed E-state index contributed by atoms with van der Waals surface area (Å²) >= 11 is 0. The fraction of sp³-hybridized carbons (Fsp3) is 0.353. The van der Waals surface area contributed by atoms with Crippen LogP contribution in [0.1, 0.15) is 30.4 Å². The highest BCUT2D eigenvalue weighted by Gasteiger charge is 2.33. The van der Waals surface area contributed by atoms with Gasteiger partial charge in [-0.15, -0.1) is 0 Å². The van der Waals surface area contributed by atoms with Gasteiger partial charge in [0.1, 0.15) is 11.6 Å². The van der Waals surface area contributed by atoms with E-state index in [2.05, 4.69) is 5.32 Å². The zero-order valence-electron chi connectivity index (χ0n) is 13.8. The van der Waals surface area contributed by atoms with Crippen LogP contribution in [0.25, 0.3) is 0 Å². The Labute approximate surface area is 138 Å². The molecule has 2 heterocycles. The number of rotatable bonds is 3. The van der Waals surface area contributed by atoms with E-state index in [4.69, 9.17) is 4.74 Å². The first-order valence-electron chi connectivity index (χ1n) is 7.77. The maximum absolute atomic E-state index is 12.7. The predicted molar refractivity (Wildman–Crippen MR) is 89.6 cm³/mol. The topological polar surface area (TPSA) is 82.3 Å². The maximum Gasteiger partial charge on any atom is 0.332 e. The van der Waals surface area contributed by atoms with Crippen molar-refractivity contribution in [3.63, 3.8) is 0 Å². The molecule has 2 aromatic rings. The third-order valence-electron chi connectivity index (χ3n) is 4.29. The van der Waals surface area contributed by atoms with E-state index in [1.807, 2.05) is 31.2 Å². The highest BCUT2D eigenvalue weighted by atomic mass is 16.5. The molecular formula is C17H19N3O4. The Hall–Kier alpha value is -2.83. The van der Waals surface area contributed by atoms with Gasteiger partial charge in [0, 0.05) is 32.0 Å². The third kappa shape index (κ3) is 2.42. The van der Waals surface area contributed by atoms with Crippen molar-refractivity contribution < 1.29 is 9.53 Å². The molecule has 1 aromatic carbocycles. The summed E-state index contributed by atoms with van der Waals surface area (Å²) in [4.78, 5) is 37.0. The number of aromatic nitrogens is 2. The first kappa shape index (κ1) is 16.0. The minimum absolute atomic E-state index is 0.129. The summed E-state index contributed by atoms with van der Waals surface area (Å²) in [7, 11) is 2.98. The van der Waals surface area contributed by atoms with Gasteiger partial charge in [-0.2, -0.15) is 0 Å². The zero-order chi connectivity index (χ0) is 17.4. The molecule has 0 aliphatic carbocycles. The first-order chi connectivity index (χ1) is 11.5. The number of hydrogen-bond acceptors (Lipinski definition) is 4. The molecule has 7 nitrogen and oxygen atoms in total. The van der Waals surface area contributed by atoms with Crippen LogP contribution >= 0.6 is 0 Å². The molecular weight excluding hydrogens is 310 g/mol. The normalized spacial score (nSPS) is 16.5. The van der Waals surface area contributed by atoms with Gasteiger partial charge in [0.25, 0.3) is 5.56 Å². The lowest BCUT2D eigenvalue weighted by Crippen LogP contribution is -2.44. The average Bonchev–Trinajstić information content (AvgIpc) is 2.58. The Morgan fingerprint density at radius 3 is 2.58 bits per heavy atom. The van der Waals surface area contributed by atoms with Crippen molar-refractivity contribution in [2.45, 2.75) is 19.3 Å². The molecule has 0 unspecified atom stereocenters. The lowest BCUT2D eigenvalue weighted by Gasteiger charge is -2.28. The molecule has 1 atom stereocenters. The second-order valence-corrected chi connectivity index (χ2v) is 5.74. The van der Waals surface area contributed by atoms with Gasteiger partial charge in [0.2, 0.25) is 5.91 Å². The number of nitrogens with one attached hydrogen (secondary N) is 1. The van der Waals surface area contributed by atoms with Crippen molar-refractivity contribution >= 4 is 11.7 Å². The predicted octanol–water partition coefficient (Wildman–Crippen LogP) is 0.957. The molecule has 24 heavy (non-hydrogen) atoms. The van der Waals surface area contributed by atoms with Crippen LogP contribution in [0.2, 0.25) is 0 Å². The molecule has 1 amide bonds. The molecule has 3 rings (SSSR count). The van der Waals surface area contributed by atoms with Crippen molar-refractivity contribution in [3.8, 4) is 5.75 Å². The smallest absolute Gasteiger partial charge is 0.332 e. The van der Waals surface area contributed by atoms with Crippen LogP contribution in [0, 0.1) is 0 Å². The van der Waals surface area contributed by atoms with Crippen molar-refractivity contribution in [3.05, 3.63) is 56.2 Å². The minimum Gasteiger partial charge on any atom is -0.494 e. The zero-order valence-corrected chi connectivity index (χ0v) is 13.8. The average molecular weight is 329 g/mol. The SMILES string of the molecule is CCOc1ccccc1[C@@H]1CC(=O)Nc2c1c(=O)n(C)c(=O)n2C. The number of anilines is 1. The van der Waals surface area contributed by atoms with E-state index in [1.165, 1.54) is 18.7 Å². The summed E-state index contributed by atoms with van der Waals surface area (Å²) in [5, 5.41) is 2.66. The molecule has 7 heteroatoms. The summed E-state index contributed by atoms with van der Waals surface area (Å²) in [6, 6.07) is 7.35. The summed E-state index contributed by atoms with van der Waals surface area (Å²) in [5.41, 5.74) is 0.305. The first-order valence-corrected chi connectivity index (χ1v) is 7.77. The van der Waals surface area contributed by atoms with Crippen LogP contribution in [0.4, 0.5) is 5.82 Å². The van der Waals surface area contributed by atoms with Crippen LogP contribution in [0.5, 0.6) is 5.75 Å². The van der Waals surface area contributed by atoms with E-state index in [9.17, 15) is 14.4 Å². The molecule has 1 aliphatic heterocycles. The van der Waals surface area contributed by atoms with E-state index in [0.717, 1.165) is 10.1 Å². The third-order valence-corrected chi connectivity index (χ3v) is 4.29. The van der Waals surface area contributed by atoms with E-state index in [1.54, 1.807) is 0 Å².